The number of hydrogen-bond donors (Lipinski definition) is 0. The first kappa shape index (κ1) is 13.4. The second-order valence-corrected chi connectivity index (χ2v) is 4.90. The summed E-state index contributed by atoms with van der Waals surface area (Å²) in [6, 6.07) is 17.6. The van der Waals surface area contributed by atoms with Crippen LogP contribution in [0.2, 0.25) is 0 Å². The molecule has 0 aliphatic heterocycles. The van der Waals surface area contributed by atoms with Crippen LogP contribution in [-0.4, -0.2) is 10.1 Å². The maximum atomic E-state index is 5.78. The standard InChI is InChI=1S/C17H16N2O2/c1-12-7-6-8-14(11-12)16-18-17(21-19-16)13(2)20-15-9-4-3-5-10-15/h3-11,13H,1-2H3. The summed E-state index contributed by atoms with van der Waals surface area (Å²) in [5.41, 5.74) is 2.10. The quantitative estimate of drug-likeness (QED) is 0.719. The van der Waals surface area contributed by atoms with Crippen LogP contribution in [0.15, 0.2) is 59.1 Å². The van der Waals surface area contributed by atoms with Gasteiger partial charge in [0.25, 0.3) is 5.89 Å². The SMILES string of the molecule is Cc1cccc(-c2noc(C(C)Oc3ccccc3)n2)c1. The Hall–Kier alpha value is -2.62. The van der Waals surface area contributed by atoms with Gasteiger partial charge in [-0.1, -0.05) is 47.1 Å². The van der Waals surface area contributed by atoms with Crippen LogP contribution in [0.3, 0.4) is 0 Å². The third-order valence-corrected chi connectivity index (χ3v) is 3.12. The van der Waals surface area contributed by atoms with Gasteiger partial charge in [-0.15, -0.1) is 0 Å². The van der Waals surface area contributed by atoms with Gasteiger partial charge in [0.15, 0.2) is 6.10 Å². The molecule has 4 heteroatoms. The number of hydrogen-bond acceptors (Lipinski definition) is 4. The van der Waals surface area contributed by atoms with Crippen molar-refractivity contribution in [1.82, 2.24) is 10.1 Å². The summed E-state index contributed by atoms with van der Waals surface area (Å²) in [7, 11) is 0. The first-order valence-electron chi connectivity index (χ1n) is 6.85. The Labute approximate surface area is 123 Å². The molecular weight excluding hydrogens is 264 g/mol. The van der Waals surface area contributed by atoms with E-state index in [1.807, 2.05) is 68.4 Å². The Kier molecular flexibility index (Phi) is 3.69. The summed E-state index contributed by atoms with van der Waals surface area (Å²) in [4.78, 5) is 4.41. The molecule has 0 radical (unpaired) electrons. The van der Waals surface area contributed by atoms with Crippen LogP contribution in [-0.2, 0) is 0 Å². The smallest absolute Gasteiger partial charge is 0.267 e. The van der Waals surface area contributed by atoms with Gasteiger partial charge >= 0.3 is 0 Å². The molecule has 1 heterocycles. The molecule has 0 spiro atoms. The minimum atomic E-state index is -0.293. The van der Waals surface area contributed by atoms with Gasteiger partial charge < -0.3 is 9.26 Å². The lowest BCUT2D eigenvalue weighted by atomic mass is 10.1. The van der Waals surface area contributed by atoms with E-state index in [0.717, 1.165) is 16.9 Å². The lowest BCUT2D eigenvalue weighted by Crippen LogP contribution is -2.03. The van der Waals surface area contributed by atoms with Gasteiger partial charge in [-0.3, -0.25) is 0 Å². The third kappa shape index (κ3) is 3.11. The van der Waals surface area contributed by atoms with Crippen LogP contribution in [0.5, 0.6) is 5.75 Å². The average Bonchev–Trinajstić information content (AvgIpc) is 2.98. The minimum absolute atomic E-state index is 0.293. The highest BCUT2D eigenvalue weighted by Crippen LogP contribution is 2.23. The van der Waals surface area contributed by atoms with E-state index >= 15 is 0 Å². The number of benzene rings is 2. The molecule has 106 valence electrons. The summed E-state index contributed by atoms with van der Waals surface area (Å²) in [6.45, 7) is 3.92. The number of para-hydroxylation sites is 1. The van der Waals surface area contributed by atoms with Crippen molar-refractivity contribution >= 4 is 0 Å². The Morgan fingerprint density at radius 2 is 1.86 bits per heavy atom. The van der Waals surface area contributed by atoms with E-state index in [2.05, 4.69) is 10.1 Å². The van der Waals surface area contributed by atoms with E-state index in [0.29, 0.717) is 11.7 Å². The van der Waals surface area contributed by atoms with Crippen molar-refractivity contribution in [3.63, 3.8) is 0 Å². The van der Waals surface area contributed by atoms with Gasteiger partial charge in [0, 0.05) is 5.56 Å². The fourth-order valence-electron chi connectivity index (χ4n) is 2.06. The third-order valence-electron chi connectivity index (χ3n) is 3.12. The monoisotopic (exact) mass is 280 g/mol. The van der Waals surface area contributed by atoms with Crippen molar-refractivity contribution < 1.29 is 9.26 Å². The zero-order valence-corrected chi connectivity index (χ0v) is 12.0. The van der Waals surface area contributed by atoms with Gasteiger partial charge in [-0.2, -0.15) is 4.98 Å². The molecule has 1 aromatic heterocycles. The van der Waals surface area contributed by atoms with Crippen LogP contribution in [0.1, 0.15) is 24.5 Å². The summed E-state index contributed by atoms with van der Waals surface area (Å²) < 4.78 is 11.1. The Morgan fingerprint density at radius 3 is 2.62 bits per heavy atom. The van der Waals surface area contributed by atoms with E-state index in [-0.39, 0.29) is 6.10 Å². The lowest BCUT2D eigenvalue weighted by molar-refractivity contribution is 0.176. The molecule has 0 amide bonds. The van der Waals surface area contributed by atoms with E-state index in [4.69, 9.17) is 9.26 Å². The first-order valence-corrected chi connectivity index (χ1v) is 6.85. The molecule has 0 bridgehead atoms. The zero-order chi connectivity index (χ0) is 14.7. The number of nitrogens with zero attached hydrogens (tertiary/aromatic N) is 2. The van der Waals surface area contributed by atoms with Crippen LogP contribution >= 0.6 is 0 Å². The molecule has 1 unspecified atom stereocenters. The van der Waals surface area contributed by atoms with Gasteiger partial charge in [-0.05, 0) is 32.0 Å². The Bertz CT molecular complexity index is 722. The summed E-state index contributed by atoms with van der Waals surface area (Å²) in [6.07, 6.45) is -0.293. The van der Waals surface area contributed by atoms with Crippen LogP contribution in [0.25, 0.3) is 11.4 Å². The maximum absolute atomic E-state index is 5.78. The summed E-state index contributed by atoms with van der Waals surface area (Å²) in [5, 5.41) is 4.02. The summed E-state index contributed by atoms with van der Waals surface area (Å²) in [5.74, 6) is 1.83. The fraction of sp³-hybridized carbons (Fsp3) is 0.176. The number of rotatable bonds is 4. The molecule has 0 aliphatic carbocycles. The van der Waals surface area contributed by atoms with Crippen molar-refractivity contribution in [2.75, 3.05) is 0 Å². The van der Waals surface area contributed by atoms with Crippen molar-refractivity contribution in [3.8, 4) is 17.1 Å². The highest BCUT2D eigenvalue weighted by atomic mass is 16.5. The highest BCUT2D eigenvalue weighted by Gasteiger charge is 2.16. The number of aryl methyl sites for hydroxylation is 1. The average molecular weight is 280 g/mol. The zero-order valence-electron chi connectivity index (χ0n) is 12.0. The second-order valence-electron chi connectivity index (χ2n) is 4.90. The van der Waals surface area contributed by atoms with E-state index in [1.54, 1.807) is 0 Å². The normalized spacial score (nSPS) is 12.1. The lowest BCUT2D eigenvalue weighted by Gasteiger charge is -2.09. The predicted molar refractivity (Wildman–Crippen MR) is 80.0 cm³/mol. The molecule has 4 nitrogen and oxygen atoms in total. The molecule has 3 rings (SSSR count). The molecule has 3 aromatic rings. The van der Waals surface area contributed by atoms with Crippen molar-refractivity contribution in [1.29, 1.82) is 0 Å². The van der Waals surface area contributed by atoms with Crippen molar-refractivity contribution in [2.45, 2.75) is 20.0 Å². The first-order chi connectivity index (χ1) is 10.2. The number of ether oxygens (including phenoxy) is 1. The van der Waals surface area contributed by atoms with Crippen molar-refractivity contribution in [3.05, 3.63) is 66.1 Å². The molecule has 21 heavy (non-hydrogen) atoms. The Balaban J connectivity index is 1.78. The van der Waals surface area contributed by atoms with Gasteiger partial charge in [0.1, 0.15) is 5.75 Å². The predicted octanol–water partition coefficient (Wildman–Crippen LogP) is 4.19. The number of aromatic nitrogens is 2. The van der Waals surface area contributed by atoms with E-state index < -0.39 is 0 Å². The molecular formula is C17H16N2O2. The molecule has 0 N–H and O–H groups in total. The molecule has 0 aliphatic rings. The Morgan fingerprint density at radius 1 is 1.05 bits per heavy atom. The van der Waals surface area contributed by atoms with Crippen LogP contribution < -0.4 is 4.74 Å². The van der Waals surface area contributed by atoms with Gasteiger partial charge in [-0.25, -0.2) is 0 Å². The molecule has 0 saturated carbocycles. The van der Waals surface area contributed by atoms with Crippen LogP contribution in [0.4, 0.5) is 0 Å². The summed E-state index contributed by atoms with van der Waals surface area (Å²) >= 11 is 0. The van der Waals surface area contributed by atoms with Crippen molar-refractivity contribution in [2.24, 2.45) is 0 Å². The minimum Gasteiger partial charge on any atom is -0.481 e. The topological polar surface area (TPSA) is 48.2 Å². The second kappa shape index (κ2) is 5.79. The van der Waals surface area contributed by atoms with Gasteiger partial charge in [0.2, 0.25) is 5.82 Å². The molecule has 0 saturated heterocycles. The van der Waals surface area contributed by atoms with Crippen LogP contribution in [0, 0.1) is 6.92 Å². The maximum Gasteiger partial charge on any atom is 0.267 e. The molecule has 2 aromatic carbocycles. The van der Waals surface area contributed by atoms with Gasteiger partial charge in [0.05, 0.1) is 0 Å². The van der Waals surface area contributed by atoms with E-state index in [1.165, 1.54) is 0 Å². The van der Waals surface area contributed by atoms with E-state index in [9.17, 15) is 0 Å². The highest BCUT2D eigenvalue weighted by molar-refractivity contribution is 5.55. The fourth-order valence-corrected chi connectivity index (χ4v) is 2.06. The molecule has 1 atom stereocenters. The largest absolute Gasteiger partial charge is 0.481 e. The molecule has 0 fully saturated rings.